The number of amides is 1. The van der Waals surface area contributed by atoms with E-state index in [9.17, 15) is 14.4 Å². The Hall–Kier alpha value is -2.83. The molecule has 7 nitrogen and oxygen atoms in total. The normalized spacial score (nSPS) is 21.9. The minimum absolute atomic E-state index is 0.0770. The first-order valence-corrected chi connectivity index (χ1v) is 9.48. The fourth-order valence-electron chi connectivity index (χ4n) is 3.66. The highest BCUT2D eigenvalue weighted by molar-refractivity contribution is 5.95. The van der Waals surface area contributed by atoms with Gasteiger partial charge in [0.25, 0.3) is 5.91 Å². The van der Waals surface area contributed by atoms with E-state index < -0.39 is 18.2 Å². The third-order valence-electron chi connectivity index (χ3n) is 5.55. The van der Waals surface area contributed by atoms with E-state index >= 15 is 0 Å². The van der Waals surface area contributed by atoms with Gasteiger partial charge in [0.05, 0.1) is 7.11 Å². The van der Waals surface area contributed by atoms with Crippen molar-refractivity contribution in [3.8, 4) is 5.75 Å². The monoisotopic (exact) mass is 387 g/mol. The third kappa shape index (κ3) is 4.18. The van der Waals surface area contributed by atoms with E-state index in [0.717, 1.165) is 19.3 Å². The molecule has 1 amide bonds. The van der Waals surface area contributed by atoms with Gasteiger partial charge < -0.3 is 19.2 Å². The van der Waals surface area contributed by atoms with Crippen LogP contribution in [0.5, 0.6) is 5.75 Å². The molecule has 150 valence electrons. The second-order valence-corrected chi connectivity index (χ2v) is 7.34. The number of benzene rings is 1. The second-order valence-electron chi connectivity index (χ2n) is 7.34. The van der Waals surface area contributed by atoms with Gasteiger partial charge >= 0.3 is 11.6 Å². The summed E-state index contributed by atoms with van der Waals surface area (Å²) in [5.41, 5.74) is -0.838. The number of carbonyl (C=O) groups is 2. The molecule has 2 aromatic rings. The summed E-state index contributed by atoms with van der Waals surface area (Å²) in [5.74, 6) is 0.0475. The molecule has 1 fully saturated rings. The topological polar surface area (TPSA) is 94.8 Å². The van der Waals surface area contributed by atoms with Crippen LogP contribution in [0.25, 0.3) is 11.0 Å². The predicted octanol–water partition coefficient (Wildman–Crippen LogP) is 2.90. The van der Waals surface area contributed by atoms with Gasteiger partial charge in [-0.05, 0) is 30.4 Å². The van der Waals surface area contributed by atoms with Gasteiger partial charge in [-0.25, -0.2) is 9.59 Å². The molecular formula is C21H25NO6. The smallest absolute Gasteiger partial charge is 0.351 e. The molecule has 0 spiro atoms. The van der Waals surface area contributed by atoms with Crippen LogP contribution in [0.4, 0.5) is 0 Å². The average molecular weight is 387 g/mol. The number of carbonyl (C=O) groups excluding carboxylic acids is 2. The molecule has 28 heavy (non-hydrogen) atoms. The number of hydrogen-bond acceptors (Lipinski definition) is 6. The number of fused-ring (bicyclic) bond motifs is 1. The van der Waals surface area contributed by atoms with Crippen molar-refractivity contribution in [2.45, 2.75) is 39.2 Å². The number of rotatable bonds is 5. The molecule has 0 saturated heterocycles. The van der Waals surface area contributed by atoms with Crippen LogP contribution < -0.4 is 15.7 Å². The maximum Gasteiger partial charge on any atom is 0.351 e. The molecule has 1 saturated carbocycles. The molecule has 3 rings (SSSR count). The lowest BCUT2D eigenvalue weighted by molar-refractivity contribution is -0.125. The van der Waals surface area contributed by atoms with Gasteiger partial charge in [0, 0.05) is 11.4 Å². The number of hydrogen-bond donors (Lipinski definition) is 1. The highest BCUT2D eigenvalue weighted by Gasteiger charge is 2.28. The Morgan fingerprint density at radius 1 is 1.25 bits per heavy atom. The van der Waals surface area contributed by atoms with Crippen molar-refractivity contribution in [3.05, 3.63) is 40.2 Å². The summed E-state index contributed by atoms with van der Waals surface area (Å²) >= 11 is 0. The molecule has 1 aliphatic carbocycles. The summed E-state index contributed by atoms with van der Waals surface area (Å²) in [6.45, 7) is 3.86. The number of nitrogens with one attached hydrogen (secondary N) is 1. The Kier molecular flexibility index (Phi) is 6.02. The standard InChI is InChI=1S/C21H25NO6/c1-12-6-4-8-16(13(12)2)22-18(23)11-27-20(24)15-10-14-7-5-9-17(26-3)19(14)28-21(15)25/h5,7,9-10,12-13,16H,4,6,8,11H2,1-3H3,(H,22,23)/t12-,13+,16-/m0/s1. The van der Waals surface area contributed by atoms with Crippen LogP contribution in [0.2, 0.25) is 0 Å². The molecule has 1 N–H and O–H groups in total. The van der Waals surface area contributed by atoms with Crippen molar-refractivity contribution in [1.29, 1.82) is 0 Å². The molecule has 1 aromatic heterocycles. The van der Waals surface area contributed by atoms with Crippen LogP contribution in [0.1, 0.15) is 43.5 Å². The predicted molar refractivity (Wildman–Crippen MR) is 103 cm³/mol. The number of methoxy groups -OCH3 is 1. The van der Waals surface area contributed by atoms with E-state index in [1.807, 2.05) is 0 Å². The minimum Gasteiger partial charge on any atom is -0.493 e. The first kappa shape index (κ1) is 19.9. The van der Waals surface area contributed by atoms with E-state index in [0.29, 0.717) is 23.0 Å². The van der Waals surface area contributed by atoms with Gasteiger partial charge in [0.2, 0.25) is 0 Å². The van der Waals surface area contributed by atoms with Crippen LogP contribution in [-0.4, -0.2) is 31.6 Å². The second kappa shape index (κ2) is 8.46. The SMILES string of the molecule is COc1cccc2cc(C(=O)OCC(=O)N[C@H]3CCC[C@H](C)[C@H]3C)c(=O)oc12. The van der Waals surface area contributed by atoms with E-state index in [2.05, 4.69) is 19.2 Å². The van der Waals surface area contributed by atoms with E-state index in [1.165, 1.54) is 13.2 Å². The lowest BCUT2D eigenvalue weighted by Gasteiger charge is -2.34. The average Bonchev–Trinajstić information content (AvgIpc) is 2.68. The van der Waals surface area contributed by atoms with Crippen LogP contribution in [0.15, 0.2) is 33.5 Å². The summed E-state index contributed by atoms with van der Waals surface area (Å²) in [6.07, 6.45) is 3.14. The summed E-state index contributed by atoms with van der Waals surface area (Å²) in [7, 11) is 1.46. The Labute approximate surface area is 163 Å². The molecule has 7 heteroatoms. The summed E-state index contributed by atoms with van der Waals surface area (Å²) in [5, 5.41) is 3.46. The maximum absolute atomic E-state index is 12.3. The van der Waals surface area contributed by atoms with Crippen LogP contribution in [0, 0.1) is 11.8 Å². The number of ether oxygens (including phenoxy) is 2. The fourth-order valence-corrected chi connectivity index (χ4v) is 3.66. The number of para-hydroxylation sites is 1. The first-order chi connectivity index (χ1) is 13.4. The lowest BCUT2D eigenvalue weighted by atomic mass is 9.78. The van der Waals surface area contributed by atoms with E-state index in [1.54, 1.807) is 18.2 Å². The Morgan fingerprint density at radius 2 is 2.04 bits per heavy atom. The Morgan fingerprint density at radius 3 is 2.79 bits per heavy atom. The highest BCUT2D eigenvalue weighted by atomic mass is 16.5. The van der Waals surface area contributed by atoms with Gasteiger partial charge in [0.1, 0.15) is 5.56 Å². The highest BCUT2D eigenvalue weighted by Crippen LogP contribution is 2.29. The van der Waals surface area contributed by atoms with Crippen LogP contribution >= 0.6 is 0 Å². The molecule has 1 aromatic carbocycles. The zero-order valence-electron chi connectivity index (χ0n) is 16.3. The van der Waals surface area contributed by atoms with E-state index in [-0.39, 0.29) is 23.1 Å². The molecule has 1 heterocycles. The Balaban J connectivity index is 1.65. The maximum atomic E-state index is 12.3. The van der Waals surface area contributed by atoms with Crippen LogP contribution in [0.3, 0.4) is 0 Å². The molecule has 0 radical (unpaired) electrons. The lowest BCUT2D eigenvalue weighted by Crippen LogP contribution is -2.45. The van der Waals surface area contributed by atoms with Crippen molar-refractivity contribution < 1.29 is 23.5 Å². The van der Waals surface area contributed by atoms with Gasteiger partial charge in [-0.3, -0.25) is 4.79 Å². The zero-order chi connectivity index (χ0) is 20.3. The fraction of sp³-hybridized carbons (Fsp3) is 0.476. The van der Waals surface area contributed by atoms with Gasteiger partial charge in [-0.1, -0.05) is 38.8 Å². The number of esters is 1. The van der Waals surface area contributed by atoms with E-state index in [4.69, 9.17) is 13.9 Å². The van der Waals surface area contributed by atoms with Gasteiger partial charge in [0.15, 0.2) is 17.9 Å². The third-order valence-corrected chi connectivity index (χ3v) is 5.55. The van der Waals surface area contributed by atoms with Crippen molar-refractivity contribution in [1.82, 2.24) is 5.32 Å². The molecule has 0 aliphatic heterocycles. The zero-order valence-corrected chi connectivity index (χ0v) is 16.3. The van der Waals surface area contributed by atoms with Gasteiger partial charge in [-0.15, -0.1) is 0 Å². The molecule has 0 bridgehead atoms. The first-order valence-electron chi connectivity index (χ1n) is 9.48. The summed E-state index contributed by atoms with van der Waals surface area (Å²) in [6, 6.07) is 6.52. The quantitative estimate of drug-likeness (QED) is 0.626. The molecular weight excluding hydrogens is 362 g/mol. The molecule has 1 aliphatic rings. The summed E-state index contributed by atoms with van der Waals surface area (Å²) in [4.78, 5) is 36.6. The Bertz CT molecular complexity index is 934. The molecule has 0 unspecified atom stereocenters. The largest absolute Gasteiger partial charge is 0.493 e. The van der Waals surface area contributed by atoms with Crippen molar-refractivity contribution in [3.63, 3.8) is 0 Å². The van der Waals surface area contributed by atoms with Gasteiger partial charge in [-0.2, -0.15) is 0 Å². The minimum atomic E-state index is -0.890. The van der Waals surface area contributed by atoms with Crippen molar-refractivity contribution in [2.75, 3.05) is 13.7 Å². The summed E-state index contributed by atoms with van der Waals surface area (Å²) < 4.78 is 15.4. The van der Waals surface area contributed by atoms with Crippen LogP contribution in [-0.2, 0) is 9.53 Å². The van der Waals surface area contributed by atoms with Crippen molar-refractivity contribution in [2.24, 2.45) is 11.8 Å². The van der Waals surface area contributed by atoms with Crippen molar-refractivity contribution >= 4 is 22.8 Å². The molecule has 3 atom stereocenters.